The summed E-state index contributed by atoms with van der Waals surface area (Å²) in [5.41, 5.74) is 3.56. The Morgan fingerprint density at radius 1 is 1.06 bits per heavy atom. The summed E-state index contributed by atoms with van der Waals surface area (Å²) in [6.07, 6.45) is 5.53. The van der Waals surface area contributed by atoms with E-state index in [0.29, 0.717) is 31.3 Å². The molecule has 2 aliphatic heterocycles. The lowest BCUT2D eigenvalue weighted by atomic mass is 10.1. The highest BCUT2D eigenvalue weighted by molar-refractivity contribution is 7.89. The number of benzene rings is 1. The molecule has 0 atom stereocenters. The average molecular weight is 518 g/mol. The Morgan fingerprint density at radius 3 is 2.46 bits per heavy atom. The Morgan fingerprint density at radius 2 is 1.77 bits per heavy atom. The van der Waals surface area contributed by atoms with Gasteiger partial charge in [0.1, 0.15) is 10.6 Å². The number of rotatable bonds is 7. The number of carbonyl (C=O) groups excluding carboxylic acids is 1. The topological polar surface area (TPSA) is 119 Å². The van der Waals surface area contributed by atoms with Crippen LogP contribution in [0.25, 0.3) is 11.3 Å². The van der Waals surface area contributed by atoms with Gasteiger partial charge in [-0.3, -0.25) is 14.9 Å². The van der Waals surface area contributed by atoms with E-state index in [2.05, 4.69) is 9.88 Å². The fourth-order valence-electron chi connectivity index (χ4n) is 4.51. The zero-order valence-electron chi connectivity index (χ0n) is 19.1. The largest absolute Gasteiger partial charge is 0.464 e. The van der Waals surface area contributed by atoms with Gasteiger partial charge in [0, 0.05) is 43.9 Å². The molecule has 2 fully saturated rings. The van der Waals surface area contributed by atoms with Gasteiger partial charge in [0.05, 0.1) is 17.4 Å². The minimum Gasteiger partial charge on any atom is -0.464 e. The number of likely N-dealkylation sites (tertiary alicyclic amines) is 1. The van der Waals surface area contributed by atoms with Crippen LogP contribution in [0.3, 0.4) is 0 Å². The molecule has 12 heteroatoms. The number of furan rings is 1. The third kappa shape index (κ3) is 4.98. The first kappa shape index (κ1) is 23.9. The molecule has 186 valence electrons. The summed E-state index contributed by atoms with van der Waals surface area (Å²) in [5.74, 6) is 0.170. The highest BCUT2D eigenvalue weighted by atomic mass is 32.2. The number of hydrogen-bond donors (Lipinski definition) is 2. The quantitative estimate of drug-likeness (QED) is 0.363. The molecule has 0 radical (unpaired) electrons. The van der Waals surface area contributed by atoms with E-state index in [-0.39, 0.29) is 9.77 Å². The Balaban J connectivity index is 1.24. The number of carbonyl (C=O) groups is 1. The first-order valence-electron chi connectivity index (χ1n) is 11.5. The fraction of sp³-hybridized carbons (Fsp3) is 0.391. The van der Waals surface area contributed by atoms with Crippen LogP contribution in [0, 0.1) is 0 Å². The lowest BCUT2D eigenvalue weighted by Crippen LogP contribution is -2.48. The summed E-state index contributed by atoms with van der Waals surface area (Å²) in [6.45, 7) is 4.55. The van der Waals surface area contributed by atoms with Crippen LogP contribution in [0.5, 0.6) is 0 Å². The monoisotopic (exact) mass is 517 g/mol. The second kappa shape index (κ2) is 10.1. The van der Waals surface area contributed by atoms with Crippen molar-refractivity contribution < 1.29 is 22.8 Å². The number of amides is 1. The van der Waals surface area contributed by atoms with Gasteiger partial charge in [-0.25, -0.2) is 18.9 Å². The lowest BCUT2D eigenvalue weighted by Gasteiger charge is -2.33. The maximum absolute atomic E-state index is 13.2. The molecule has 0 saturated carbocycles. The van der Waals surface area contributed by atoms with Gasteiger partial charge in [-0.2, -0.15) is 4.31 Å². The first-order valence-corrected chi connectivity index (χ1v) is 13.8. The Kier molecular flexibility index (Phi) is 6.89. The van der Waals surface area contributed by atoms with Crippen LogP contribution in [0.1, 0.15) is 28.1 Å². The molecule has 2 aromatic heterocycles. The molecule has 2 N–H and O–H groups in total. The summed E-state index contributed by atoms with van der Waals surface area (Å²) in [5, 5.41) is 9.39. The molecule has 10 nitrogen and oxygen atoms in total. The van der Waals surface area contributed by atoms with Crippen molar-refractivity contribution in [2.45, 2.75) is 24.3 Å². The van der Waals surface area contributed by atoms with Gasteiger partial charge in [-0.05, 0) is 56.3 Å². The molecule has 1 amide bonds. The molecule has 5 rings (SSSR count). The van der Waals surface area contributed by atoms with Gasteiger partial charge in [0.15, 0.2) is 5.13 Å². The Bertz CT molecular complexity index is 1270. The number of aromatic nitrogens is 1. The lowest BCUT2D eigenvalue weighted by molar-refractivity contribution is 0.0710. The predicted octanol–water partition coefficient (Wildman–Crippen LogP) is 2.63. The van der Waals surface area contributed by atoms with Crippen molar-refractivity contribution in [1.29, 1.82) is 0 Å². The minimum atomic E-state index is -3.64. The SMILES string of the molecule is O=C(NO)c1cnc(N2CCN(S(=O)(=O)c3ccc(-c4occc4CN4CCCC4)cc3)CC2)s1. The number of anilines is 1. The Labute approximate surface area is 207 Å². The van der Waals surface area contributed by atoms with Crippen LogP contribution in [-0.2, 0) is 16.6 Å². The predicted molar refractivity (Wildman–Crippen MR) is 131 cm³/mol. The van der Waals surface area contributed by atoms with Crippen molar-refractivity contribution in [3.8, 4) is 11.3 Å². The third-order valence-corrected chi connectivity index (χ3v) is 9.39. The van der Waals surface area contributed by atoms with Gasteiger partial charge in [0.2, 0.25) is 10.0 Å². The molecule has 0 unspecified atom stereocenters. The number of thiazole rings is 1. The molecular weight excluding hydrogens is 490 g/mol. The smallest absolute Gasteiger partial charge is 0.286 e. The minimum absolute atomic E-state index is 0.249. The standard InChI is InChI=1S/C23H27N5O5S2/c29-22(25-30)20-15-24-23(34-20)27-10-12-28(13-11-27)35(31,32)19-5-3-17(4-6-19)21-18(7-14-33-21)16-26-8-1-2-9-26/h3-7,14-15,30H,1-2,8-13,16H2,(H,25,29). The number of hydrogen-bond acceptors (Lipinski definition) is 9. The van der Waals surface area contributed by atoms with Crippen LogP contribution in [0.4, 0.5) is 5.13 Å². The van der Waals surface area contributed by atoms with Crippen molar-refractivity contribution in [3.63, 3.8) is 0 Å². The molecule has 2 saturated heterocycles. The van der Waals surface area contributed by atoms with Crippen molar-refractivity contribution in [2.75, 3.05) is 44.2 Å². The summed E-state index contributed by atoms with van der Waals surface area (Å²) in [7, 11) is -3.64. The van der Waals surface area contributed by atoms with E-state index in [4.69, 9.17) is 9.62 Å². The van der Waals surface area contributed by atoms with Crippen LogP contribution in [-0.4, -0.2) is 73.0 Å². The van der Waals surface area contributed by atoms with E-state index in [1.807, 2.05) is 11.0 Å². The zero-order valence-corrected chi connectivity index (χ0v) is 20.7. The maximum Gasteiger partial charge on any atom is 0.286 e. The van der Waals surface area contributed by atoms with Crippen molar-refractivity contribution in [3.05, 3.63) is 53.2 Å². The van der Waals surface area contributed by atoms with Crippen molar-refractivity contribution in [1.82, 2.24) is 19.7 Å². The van der Waals surface area contributed by atoms with Crippen molar-refractivity contribution >= 4 is 32.4 Å². The molecule has 4 heterocycles. The molecule has 0 bridgehead atoms. The highest BCUT2D eigenvalue weighted by Gasteiger charge is 2.30. The molecular formula is C23H27N5O5S2. The van der Waals surface area contributed by atoms with Gasteiger partial charge < -0.3 is 9.32 Å². The average Bonchev–Trinajstić information content (AvgIpc) is 3.66. The van der Waals surface area contributed by atoms with E-state index in [1.54, 1.807) is 36.0 Å². The summed E-state index contributed by atoms with van der Waals surface area (Å²) in [4.78, 5) is 20.6. The van der Waals surface area contributed by atoms with E-state index < -0.39 is 15.9 Å². The number of hydroxylamine groups is 1. The van der Waals surface area contributed by atoms with Crippen molar-refractivity contribution in [2.24, 2.45) is 0 Å². The zero-order chi connectivity index (χ0) is 24.4. The highest BCUT2D eigenvalue weighted by Crippen LogP contribution is 2.30. The van der Waals surface area contributed by atoms with Gasteiger partial charge in [-0.15, -0.1) is 0 Å². The normalized spacial score (nSPS) is 17.7. The van der Waals surface area contributed by atoms with Crippen LogP contribution < -0.4 is 10.4 Å². The van der Waals surface area contributed by atoms with Gasteiger partial charge in [0.25, 0.3) is 5.91 Å². The van der Waals surface area contributed by atoms with E-state index in [1.165, 1.54) is 23.3 Å². The second-order valence-corrected chi connectivity index (χ2v) is 11.6. The molecule has 3 aromatic rings. The van der Waals surface area contributed by atoms with E-state index >= 15 is 0 Å². The number of piperazine rings is 1. The number of sulfonamides is 1. The third-order valence-electron chi connectivity index (χ3n) is 6.42. The fourth-order valence-corrected chi connectivity index (χ4v) is 6.79. The molecule has 2 aliphatic rings. The summed E-state index contributed by atoms with van der Waals surface area (Å²) < 4.78 is 33.7. The summed E-state index contributed by atoms with van der Waals surface area (Å²) >= 11 is 1.15. The second-order valence-electron chi connectivity index (χ2n) is 8.62. The van der Waals surface area contributed by atoms with E-state index in [9.17, 15) is 13.2 Å². The van der Waals surface area contributed by atoms with Crippen LogP contribution >= 0.6 is 11.3 Å². The summed E-state index contributed by atoms with van der Waals surface area (Å²) in [6, 6.07) is 8.87. The maximum atomic E-state index is 13.2. The molecule has 1 aromatic carbocycles. The first-order chi connectivity index (χ1) is 17.0. The number of nitrogens with zero attached hydrogens (tertiary/aromatic N) is 4. The van der Waals surface area contributed by atoms with Gasteiger partial charge >= 0.3 is 0 Å². The Hall–Kier alpha value is -2.77. The molecule has 0 aliphatic carbocycles. The van der Waals surface area contributed by atoms with E-state index in [0.717, 1.165) is 47.9 Å². The van der Waals surface area contributed by atoms with Crippen LogP contribution in [0.15, 0.2) is 52.1 Å². The molecule has 35 heavy (non-hydrogen) atoms. The van der Waals surface area contributed by atoms with Crippen LogP contribution in [0.2, 0.25) is 0 Å². The molecule has 0 spiro atoms. The van der Waals surface area contributed by atoms with Gasteiger partial charge in [-0.1, -0.05) is 11.3 Å². The number of nitrogens with one attached hydrogen (secondary N) is 1.